The van der Waals surface area contributed by atoms with Gasteiger partial charge in [0, 0.05) is 53.6 Å². The van der Waals surface area contributed by atoms with Crippen molar-refractivity contribution < 1.29 is 4.74 Å². The molecule has 3 aromatic rings. The first-order valence-electron chi connectivity index (χ1n) is 10.0. The third-order valence-corrected chi connectivity index (χ3v) is 7.59. The number of thiophene rings is 1. The SMILES string of the molecule is c1cncc(-c2nc(SCCN3CCOCC3)c3c4c(sc3n2)CCCC4)c1. The van der Waals surface area contributed by atoms with Crippen molar-refractivity contribution in [2.75, 3.05) is 38.6 Å². The third kappa shape index (κ3) is 3.81. The summed E-state index contributed by atoms with van der Waals surface area (Å²) in [6.07, 6.45) is 8.59. The molecule has 1 aliphatic heterocycles. The van der Waals surface area contributed by atoms with E-state index in [0.717, 1.165) is 59.8 Å². The Labute approximate surface area is 173 Å². The minimum atomic E-state index is 0.799. The van der Waals surface area contributed by atoms with Crippen molar-refractivity contribution in [3.8, 4) is 11.4 Å². The fourth-order valence-electron chi connectivity index (χ4n) is 3.95. The monoisotopic (exact) mass is 412 g/mol. The summed E-state index contributed by atoms with van der Waals surface area (Å²) in [5.74, 6) is 1.84. The van der Waals surface area contributed by atoms with E-state index in [2.05, 4.69) is 9.88 Å². The summed E-state index contributed by atoms with van der Waals surface area (Å²) in [5.41, 5.74) is 2.50. The van der Waals surface area contributed by atoms with E-state index in [0.29, 0.717) is 0 Å². The Balaban J connectivity index is 1.48. The van der Waals surface area contributed by atoms with Crippen LogP contribution in [0, 0.1) is 0 Å². The molecule has 0 bridgehead atoms. The van der Waals surface area contributed by atoms with E-state index in [9.17, 15) is 0 Å². The molecule has 2 aliphatic rings. The zero-order valence-electron chi connectivity index (χ0n) is 15.9. The van der Waals surface area contributed by atoms with Crippen LogP contribution in [0.25, 0.3) is 21.6 Å². The normalized spacial score (nSPS) is 17.7. The number of morpholine rings is 1. The number of rotatable bonds is 5. The number of thioether (sulfide) groups is 1. The van der Waals surface area contributed by atoms with E-state index in [1.54, 1.807) is 6.20 Å². The first-order chi connectivity index (χ1) is 13.9. The van der Waals surface area contributed by atoms with Crippen LogP contribution < -0.4 is 0 Å². The van der Waals surface area contributed by atoms with Crippen molar-refractivity contribution in [2.24, 2.45) is 0 Å². The summed E-state index contributed by atoms with van der Waals surface area (Å²) in [7, 11) is 0. The molecule has 1 fully saturated rings. The van der Waals surface area contributed by atoms with Gasteiger partial charge in [0.15, 0.2) is 5.82 Å². The van der Waals surface area contributed by atoms with Crippen LogP contribution in [0.2, 0.25) is 0 Å². The molecule has 0 radical (unpaired) electrons. The van der Waals surface area contributed by atoms with Crippen LogP contribution in [0.15, 0.2) is 29.6 Å². The lowest BCUT2D eigenvalue weighted by atomic mass is 9.97. The van der Waals surface area contributed by atoms with Crippen LogP contribution in [0.1, 0.15) is 23.3 Å². The van der Waals surface area contributed by atoms with Crippen molar-refractivity contribution in [2.45, 2.75) is 30.7 Å². The molecule has 0 atom stereocenters. The van der Waals surface area contributed by atoms with Gasteiger partial charge in [-0.15, -0.1) is 23.1 Å². The van der Waals surface area contributed by atoms with Crippen molar-refractivity contribution in [3.05, 3.63) is 35.0 Å². The number of fused-ring (bicyclic) bond motifs is 3. The highest BCUT2D eigenvalue weighted by atomic mass is 32.2. The lowest BCUT2D eigenvalue weighted by Gasteiger charge is -2.26. The predicted octanol–water partition coefficient (Wildman–Crippen LogP) is 4.06. The van der Waals surface area contributed by atoms with Crippen LogP contribution in [0.4, 0.5) is 0 Å². The quantitative estimate of drug-likeness (QED) is 0.465. The second-order valence-electron chi connectivity index (χ2n) is 7.29. The Morgan fingerprint density at radius 3 is 2.89 bits per heavy atom. The van der Waals surface area contributed by atoms with Gasteiger partial charge in [0.2, 0.25) is 0 Å². The van der Waals surface area contributed by atoms with Gasteiger partial charge in [-0.3, -0.25) is 9.88 Å². The van der Waals surface area contributed by atoms with Crippen molar-refractivity contribution in [3.63, 3.8) is 0 Å². The molecular formula is C21H24N4OS2. The summed E-state index contributed by atoms with van der Waals surface area (Å²) in [6.45, 7) is 4.86. The third-order valence-electron chi connectivity index (χ3n) is 5.45. The molecular weight excluding hydrogens is 388 g/mol. The number of hydrogen-bond acceptors (Lipinski definition) is 7. The molecule has 0 unspecified atom stereocenters. The van der Waals surface area contributed by atoms with Gasteiger partial charge in [0.05, 0.1) is 13.2 Å². The standard InChI is InChI=1S/C21H24N4OS2/c1-2-6-17-16(5-1)18-20(27-13-10-25-8-11-26-12-9-25)23-19(24-21(18)28-17)15-4-3-7-22-14-15/h3-4,7,14H,1-2,5-6,8-13H2. The van der Waals surface area contributed by atoms with Crippen molar-refractivity contribution >= 4 is 33.3 Å². The van der Waals surface area contributed by atoms with E-state index >= 15 is 0 Å². The summed E-state index contributed by atoms with van der Waals surface area (Å²) >= 11 is 3.75. The van der Waals surface area contributed by atoms with Gasteiger partial charge in [-0.05, 0) is 43.4 Å². The smallest absolute Gasteiger partial charge is 0.163 e. The van der Waals surface area contributed by atoms with Crippen LogP contribution >= 0.6 is 23.1 Å². The second kappa shape index (κ2) is 8.45. The maximum Gasteiger partial charge on any atom is 0.163 e. The molecule has 0 aromatic carbocycles. The highest BCUT2D eigenvalue weighted by molar-refractivity contribution is 7.99. The fourth-order valence-corrected chi connectivity index (χ4v) is 6.33. The number of aryl methyl sites for hydroxylation is 2. The number of nitrogens with zero attached hydrogens (tertiary/aromatic N) is 4. The predicted molar refractivity (Wildman–Crippen MR) is 115 cm³/mol. The molecule has 1 saturated heterocycles. The molecule has 0 N–H and O–H groups in total. The first-order valence-corrected chi connectivity index (χ1v) is 11.8. The minimum Gasteiger partial charge on any atom is -0.379 e. The summed E-state index contributed by atoms with van der Waals surface area (Å²) in [5, 5.41) is 2.47. The Bertz CT molecular complexity index is 954. The Hall–Kier alpha value is -1.54. The van der Waals surface area contributed by atoms with Gasteiger partial charge in [-0.1, -0.05) is 0 Å². The van der Waals surface area contributed by atoms with Gasteiger partial charge < -0.3 is 4.74 Å². The van der Waals surface area contributed by atoms with Gasteiger partial charge in [-0.25, -0.2) is 9.97 Å². The molecule has 7 heteroatoms. The molecule has 5 rings (SSSR count). The zero-order chi connectivity index (χ0) is 18.8. The van der Waals surface area contributed by atoms with E-state index in [1.807, 2.05) is 41.4 Å². The number of ether oxygens (including phenoxy) is 1. The first kappa shape index (κ1) is 18.5. The van der Waals surface area contributed by atoms with Crippen molar-refractivity contribution in [1.82, 2.24) is 19.9 Å². The maximum atomic E-state index is 5.46. The fraction of sp³-hybridized carbons (Fsp3) is 0.476. The van der Waals surface area contributed by atoms with Gasteiger partial charge in [-0.2, -0.15) is 0 Å². The summed E-state index contributed by atoms with van der Waals surface area (Å²) in [4.78, 5) is 19.4. The van der Waals surface area contributed by atoms with E-state index in [-0.39, 0.29) is 0 Å². The van der Waals surface area contributed by atoms with Crippen LogP contribution in [-0.4, -0.2) is 58.5 Å². The molecule has 5 nitrogen and oxygen atoms in total. The molecule has 28 heavy (non-hydrogen) atoms. The highest BCUT2D eigenvalue weighted by Crippen LogP contribution is 2.40. The molecule has 0 saturated carbocycles. The Kier molecular flexibility index (Phi) is 5.58. The topological polar surface area (TPSA) is 51.1 Å². The summed E-state index contributed by atoms with van der Waals surface area (Å²) < 4.78 is 5.46. The lowest BCUT2D eigenvalue weighted by molar-refractivity contribution is 0.0410. The van der Waals surface area contributed by atoms with E-state index in [1.165, 1.54) is 41.5 Å². The molecule has 0 amide bonds. The second-order valence-corrected chi connectivity index (χ2v) is 9.45. The van der Waals surface area contributed by atoms with Gasteiger partial charge in [0.1, 0.15) is 9.86 Å². The average Bonchev–Trinajstić information content (AvgIpc) is 3.14. The molecule has 1 aliphatic carbocycles. The molecule has 3 aromatic heterocycles. The van der Waals surface area contributed by atoms with Crippen LogP contribution in [0.3, 0.4) is 0 Å². The van der Waals surface area contributed by atoms with Gasteiger partial charge in [0.25, 0.3) is 0 Å². The minimum absolute atomic E-state index is 0.799. The number of hydrogen-bond donors (Lipinski definition) is 0. The van der Waals surface area contributed by atoms with Crippen LogP contribution in [-0.2, 0) is 17.6 Å². The summed E-state index contributed by atoms with van der Waals surface area (Å²) in [6, 6.07) is 4.00. The molecule has 0 spiro atoms. The highest BCUT2D eigenvalue weighted by Gasteiger charge is 2.22. The Morgan fingerprint density at radius 1 is 1.14 bits per heavy atom. The lowest BCUT2D eigenvalue weighted by Crippen LogP contribution is -2.37. The number of pyridine rings is 1. The number of aromatic nitrogens is 3. The molecule has 4 heterocycles. The maximum absolute atomic E-state index is 5.46. The van der Waals surface area contributed by atoms with Crippen LogP contribution in [0.5, 0.6) is 0 Å². The van der Waals surface area contributed by atoms with E-state index in [4.69, 9.17) is 14.7 Å². The zero-order valence-corrected chi connectivity index (χ0v) is 17.5. The van der Waals surface area contributed by atoms with Gasteiger partial charge >= 0.3 is 0 Å². The van der Waals surface area contributed by atoms with E-state index < -0.39 is 0 Å². The van der Waals surface area contributed by atoms with Crippen molar-refractivity contribution in [1.29, 1.82) is 0 Å². The molecule has 146 valence electrons. The Morgan fingerprint density at radius 2 is 2.04 bits per heavy atom. The largest absolute Gasteiger partial charge is 0.379 e. The average molecular weight is 413 g/mol.